The van der Waals surface area contributed by atoms with E-state index in [1.165, 1.54) is 7.05 Å². The SMILES string of the molecule is CCOC(C)CNS(=O)(=O)N(C)CCC(=O)O. The molecule has 0 amide bonds. The highest BCUT2D eigenvalue weighted by Gasteiger charge is 2.18. The summed E-state index contributed by atoms with van der Waals surface area (Å²) in [4.78, 5) is 10.3. The molecule has 0 aliphatic rings. The minimum Gasteiger partial charge on any atom is -0.481 e. The van der Waals surface area contributed by atoms with Crippen LogP contribution in [0.15, 0.2) is 0 Å². The molecule has 2 N–H and O–H groups in total. The molecule has 0 aliphatic carbocycles. The Morgan fingerprint density at radius 3 is 2.59 bits per heavy atom. The Morgan fingerprint density at radius 1 is 1.53 bits per heavy atom. The first-order valence-corrected chi connectivity index (χ1v) is 6.78. The zero-order valence-electron chi connectivity index (χ0n) is 10.3. The molecule has 0 saturated heterocycles. The average molecular weight is 268 g/mol. The van der Waals surface area contributed by atoms with E-state index < -0.39 is 16.2 Å². The van der Waals surface area contributed by atoms with Gasteiger partial charge in [0.15, 0.2) is 0 Å². The number of carboxylic acid groups (broad SMARTS) is 1. The van der Waals surface area contributed by atoms with Gasteiger partial charge in [-0.3, -0.25) is 4.79 Å². The normalized spacial score (nSPS) is 13.9. The number of nitrogens with one attached hydrogen (secondary N) is 1. The second-order valence-electron chi connectivity index (χ2n) is 3.58. The van der Waals surface area contributed by atoms with Gasteiger partial charge in [0.2, 0.25) is 0 Å². The highest BCUT2D eigenvalue weighted by Crippen LogP contribution is 1.97. The quantitative estimate of drug-likeness (QED) is 0.596. The van der Waals surface area contributed by atoms with Gasteiger partial charge < -0.3 is 9.84 Å². The van der Waals surface area contributed by atoms with Crippen LogP contribution in [0.25, 0.3) is 0 Å². The molecule has 0 radical (unpaired) electrons. The molecule has 0 fully saturated rings. The van der Waals surface area contributed by atoms with Crippen molar-refractivity contribution < 1.29 is 23.1 Å². The molecule has 0 aliphatic heterocycles. The fourth-order valence-corrected chi connectivity index (χ4v) is 2.05. The molecule has 0 aromatic carbocycles. The van der Waals surface area contributed by atoms with E-state index >= 15 is 0 Å². The number of carboxylic acids is 1. The predicted octanol–water partition coefficient (Wildman–Crippen LogP) is -0.348. The summed E-state index contributed by atoms with van der Waals surface area (Å²) < 4.78 is 31.7. The summed E-state index contributed by atoms with van der Waals surface area (Å²) in [5.74, 6) is -1.03. The van der Waals surface area contributed by atoms with Gasteiger partial charge in [0.05, 0.1) is 12.5 Å². The van der Waals surface area contributed by atoms with Crippen LogP contribution in [-0.4, -0.2) is 56.6 Å². The first-order valence-electron chi connectivity index (χ1n) is 5.34. The van der Waals surface area contributed by atoms with E-state index in [0.717, 1.165) is 4.31 Å². The number of aliphatic carboxylic acids is 1. The van der Waals surface area contributed by atoms with Crippen LogP contribution in [0.5, 0.6) is 0 Å². The lowest BCUT2D eigenvalue weighted by atomic mass is 10.4. The van der Waals surface area contributed by atoms with E-state index in [0.29, 0.717) is 6.61 Å². The molecule has 7 nitrogen and oxygen atoms in total. The van der Waals surface area contributed by atoms with E-state index in [9.17, 15) is 13.2 Å². The molecule has 0 aromatic heterocycles. The zero-order chi connectivity index (χ0) is 13.5. The van der Waals surface area contributed by atoms with Crippen LogP contribution in [0, 0.1) is 0 Å². The first kappa shape index (κ1) is 16.3. The molecular formula is C9H20N2O5S. The van der Waals surface area contributed by atoms with Crippen molar-refractivity contribution in [3.8, 4) is 0 Å². The molecule has 8 heteroatoms. The van der Waals surface area contributed by atoms with E-state index in [1.54, 1.807) is 6.92 Å². The van der Waals surface area contributed by atoms with Crippen LogP contribution in [0.2, 0.25) is 0 Å². The van der Waals surface area contributed by atoms with E-state index in [4.69, 9.17) is 9.84 Å². The largest absolute Gasteiger partial charge is 0.481 e. The van der Waals surface area contributed by atoms with Crippen molar-refractivity contribution >= 4 is 16.2 Å². The van der Waals surface area contributed by atoms with Gasteiger partial charge in [0.1, 0.15) is 0 Å². The van der Waals surface area contributed by atoms with Gasteiger partial charge in [-0.15, -0.1) is 0 Å². The summed E-state index contributed by atoms with van der Waals surface area (Å²) in [6, 6.07) is 0. The Labute approximate surface area is 102 Å². The minimum atomic E-state index is -3.63. The standard InChI is InChI=1S/C9H20N2O5S/c1-4-16-8(2)7-10-17(14,15)11(3)6-5-9(12)13/h8,10H,4-7H2,1-3H3,(H,12,13). The molecule has 0 rings (SSSR count). The third-order valence-electron chi connectivity index (χ3n) is 2.06. The fraction of sp³-hybridized carbons (Fsp3) is 0.889. The second-order valence-corrected chi connectivity index (χ2v) is 5.45. The number of hydrogen-bond acceptors (Lipinski definition) is 4. The Morgan fingerprint density at radius 2 is 2.12 bits per heavy atom. The lowest BCUT2D eigenvalue weighted by Crippen LogP contribution is -2.42. The third kappa shape index (κ3) is 7.27. The molecule has 17 heavy (non-hydrogen) atoms. The molecular weight excluding hydrogens is 248 g/mol. The van der Waals surface area contributed by atoms with Crippen molar-refractivity contribution in [3.63, 3.8) is 0 Å². The van der Waals surface area contributed by atoms with Gasteiger partial charge in [-0.05, 0) is 13.8 Å². The summed E-state index contributed by atoms with van der Waals surface area (Å²) >= 11 is 0. The zero-order valence-corrected chi connectivity index (χ0v) is 11.2. The van der Waals surface area contributed by atoms with Gasteiger partial charge in [0, 0.05) is 26.7 Å². The molecule has 0 heterocycles. The Balaban J connectivity index is 4.13. The summed E-state index contributed by atoms with van der Waals surface area (Å²) in [5, 5.41) is 8.45. The van der Waals surface area contributed by atoms with E-state index in [-0.39, 0.29) is 25.6 Å². The van der Waals surface area contributed by atoms with Gasteiger partial charge >= 0.3 is 5.97 Å². The van der Waals surface area contributed by atoms with Crippen LogP contribution in [-0.2, 0) is 19.7 Å². The maximum atomic E-state index is 11.6. The summed E-state index contributed by atoms with van der Waals surface area (Å²) in [6.07, 6.45) is -0.444. The van der Waals surface area contributed by atoms with Crippen LogP contribution in [0.4, 0.5) is 0 Å². The number of nitrogens with zero attached hydrogens (tertiary/aromatic N) is 1. The maximum Gasteiger partial charge on any atom is 0.304 e. The molecule has 1 atom stereocenters. The highest BCUT2D eigenvalue weighted by molar-refractivity contribution is 7.87. The number of rotatable bonds is 9. The van der Waals surface area contributed by atoms with Gasteiger partial charge in [-0.2, -0.15) is 17.4 Å². The average Bonchev–Trinajstić information content (AvgIpc) is 2.23. The molecule has 0 aromatic rings. The highest BCUT2D eigenvalue weighted by atomic mass is 32.2. The number of ether oxygens (including phenoxy) is 1. The molecule has 102 valence electrons. The molecule has 1 unspecified atom stereocenters. The summed E-state index contributed by atoms with van der Waals surface area (Å²) in [7, 11) is -2.30. The van der Waals surface area contributed by atoms with Gasteiger partial charge in [-0.25, -0.2) is 0 Å². The van der Waals surface area contributed by atoms with Crippen LogP contribution >= 0.6 is 0 Å². The topological polar surface area (TPSA) is 95.9 Å². The second kappa shape index (κ2) is 7.59. The van der Waals surface area contributed by atoms with Crippen LogP contribution in [0.1, 0.15) is 20.3 Å². The molecule has 0 saturated carbocycles. The van der Waals surface area contributed by atoms with Crippen molar-refractivity contribution in [1.82, 2.24) is 9.03 Å². The molecule has 0 bridgehead atoms. The van der Waals surface area contributed by atoms with Crippen molar-refractivity contribution in [3.05, 3.63) is 0 Å². The van der Waals surface area contributed by atoms with Gasteiger partial charge in [0.25, 0.3) is 10.2 Å². The van der Waals surface area contributed by atoms with Crippen molar-refractivity contribution in [2.75, 3.05) is 26.7 Å². The summed E-state index contributed by atoms with van der Waals surface area (Å²) in [5.41, 5.74) is 0. The van der Waals surface area contributed by atoms with Crippen molar-refractivity contribution in [1.29, 1.82) is 0 Å². The predicted molar refractivity (Wildman–Crippen MR) is 62.9 cm³/mol. The van der Waals surface area contributed by atoms with Gasteiger partial charge in [-0.1, -0.05) is 0 Å². The Hall–Kier alpha value is -0.700. The number of carbonyl (C=O) groups is 1. The third-order valence-corrected chi connectivity index (χ3v) is 3.59. The maximum absolute atomic E-state index is 11.6. The van der Waals surface area contributed by atoms with E-state index in [1.807, 2.05) is 6.92 Å². The van der Waals surface area contributed by atoms with Crippen LogP contribution < -0.4 is 4.72 Å². The fourth-order valence-electron chi connectivity index (χ4n) is 1.05. The molecule has 0 spiro atoms. The minimum absolute atomic E-state index is 0.0618. The Kier molecular flexibility index (Phi) is 7.28. The monoisotopic (exact) mass is 268 g/mol. The van der Waals surface area contributed by atoms with Crippen molar-refractivity contribution in [2.45, 2.75) is 26.4 Å². The Bertz CT molecular complexity index is 330. The van der Waals surface area contributed by atoms with E-state index in [2.05, 4.69) is 4.72 Å². The van der Waals surface area contributed by atoms with Crippen molar-refractivity contribution in [2.24, 2.45) is 0 Å². The lowest BCUT2D eigenvalue weighted by Gasteiger charge is -2.18. The first-order chi connectivity index (χ1) is 7.79. The van der Waals surface area contributed by atoms with Crippen LogP contribution in [0.3, 0.4) is 0 Å². The number of hydrogen-bond donors (Lipinski definition) is 2. The smallest absolute Gasteiger partial charge is 0.304 e. The summed E-state index contributed by atoms with van der Waals surface area (Å²) in [6.45, 7) is 4.19. The lowest BCUT2D eigenvalue weighted by molar-refractivity contribution is -0.137.